The molecule has 1 aromatic heterocycles. The van der Waals surface area contributed by atoms with Crippen molar-refractivity contribution < 1.29 is 23.5 Å². The Kier molecular flexibility index (Phi) is 5.40. The van der Waals surface area contributed by atoms with Crippen LogP contribution in [0.25, 0.3) is 11.4 Å². The molecule has 0 saturated carbocycles. The number of hydrogen-bond donors (Lipinski definition) is 1. The maximum absolute atomic E-state index is 12.9. The van der Waals surface area contributed by atoms with Gasteiger partial charge in [0.2, 0.25) is 5.82 Å². The Morgan fingerprint density at radius 1 is 0.938 bits per heavy atom. The SMILES string of the molecule is O=C(Nc1ccc2c(c1)OCCO2)c1ccccc1OCc1nc(-c2ccccc2)no1. The summed E-state index contributed by atoms with van der Waals surface area (Å²) < 4.78 is 22.2. The summed E-state index contributed by atoms with van der Waals surface area (Å²) in [6.07, 6.45) is 0. The number of carbonyl (C=O) groups excluding carboxylic acids is 1. The summed E-state index contributed by atoms with van der Waals surface area (Å²) in [7, 11) is 0. The number of fused-ring (bicyclic) bond motifs is 1. The first-order valence-electron chi connectivity index (χ1n) is 10.1. The molecule has 0 unspecified atom stereocenters. The molecular formula is C24H19N3O5. The normalized spacial score (nSPS) is 12.2. The minimum atomic E-state index is -0.312. The summed E-state index contributed by atoms with van der Waals surface area (Å²) in [6, 6.07) is 21.7. The zero-order chi connectivity index (χ0) is 21.8. The predicted molar refractivity (Wildman–Crippen MR) is 116 cm³/mol. The fraction of sp³-hybridized carbons (Fsp3) is 0.125. The first kappa shape index (κ1) is 19.6. The molecule has 1 amide bonds. The van der Waals surface area contributed by atoms with Crippen LogP contribution in [0.4, 0.5) is 5.69 Å². The van der Waals surface area contributed by atoms with Crippen LogP contribution < -0.4 is 19.5 Å². The Morgan fingerprint density at radius 3 is 2.59 bits per heavy atom. The Hall–Kier alpha value is -4.33. The molecule has 1 aliphatic heterocycles. The molecule has 8 nitrogen and oxygen atoms in total. The third kappa shape index (κ3) is 4.24. The van der Waals surface area contributed by atoms with Gasteiger partial charge in [0.1, 0.15) is 19.0 Å². The van der Waals surface area contributed by atoms with Gasteiger partial charge in [-0.25, -0.2) is 0 Å². The van der Waals surface area contributed by atoms with Gasteiger partial charge in [0.05, 0.1) is 5.56 Å². The van der Waals surface area contributed by atoms with E-state index in [1.807, 2.05) is 30.3 Å². The Balaban J connectivity index is 1.28. The van der Waals surface area contributed by atoms with Crippen molar-refractivity contribution in [2.45, 2.75) is 6.61 Å². The Labute approximate surface area is 183 Å². The highest BCUT2D eigenvalue weighted by Crippen LogP contribution is 2.33. The number of rotatable bonds is 6. The monoisotopic (exact) mass is 429 g/mol. The summed E-state index contributed by atoms with van der Waals surface area (Å²) in [5, 5.41) is 6.85. The van der Waals surface area contributed by atoms with Crippen molar-refractivity contribution in [3.05, 3.63) is 84.3 Å². The Morgan fingerprint density at radius 2 is 1.72 bits per heavy atom. The van der Waals surface area contributed by atoms with Crippen molar-refractivity contribution >= 4 is 11.6 Å². The van der Waals surface area contributed by atoms with Crippen LogP contribution in [0.5, 0.6) is 17.2 Å². The van der Waals surface area contributed by atoms with E-state index in [9.17, 15) is 4.79 Å². The average molecular weight is 429 g/mol. The molecule has 0 aliphatic carbocycles. The van der Waals surface area contributed by atoms with Crippen LogP contribution in [0.15, 0.2) is 77.3 Å². The number of benzene rings is 3. The van der Waals surface area contributed by atoms with Crippen LogP contribution in [0.1, 0.15) is 16.2 Å². The zero-order valence-corrected chi connectivity index (χ0v) is 17.0. The summed E-state index contributed by atoms with van der Waals surface area (Å²) >= 11 is 0. The lowest BCUT2D eigenvalue weighted by atomic mass is 10.1. The molecule has 0 radical (unpaired) electrons. The third-order valence-electron chi connectivity index (χ3n) is 4.78. The van der Waals surface area contributed by atoms with E-state index in [1.54, 1.807) is 42.5 Å². The summed E-state index contributed by atoms with van der Waals surface area (Å²) in [5.74, 6) is 2.14. The van der Waals surface area contributed by atoms with E-state index >= 15 is 0 Å². The molecule has 32 heavy (non-hydrogen) atoms. The predicted octanol–water partition coefficient (Wildman–Crippen LogP) is 4.34. The lowest BCUT2D eigenvalue weighted by Crippen LogP contribution is -2.17. The van der Waals surface area contributed by atoms with E-state index in [0.29, 0.717) is 53.4 Å². The molecule has 1 N–H and O–H groups in total. The van der Waals surface area contributed by atoms with E-state index in [4.69, 9.17) is 18.7 Å². The van der Waals surface area contributed by atoms with Crippen LogP contribution in [-0.4, -0.2) is 29.3 Å². The second-order valence-electron chi connectivity index (χ2n) is 6.98. The van der Waals surface area contributed by atoms with Crippen LogP contribution >= 0.6 is 0 Å². The fourth-order valence-electron chi connectivity index (χ4n) is 3.26. The van der Waals surface area contributed by atoms with E-state index in [2.05, 4.69) is 15.5 Å². The van der Waals surface area contributed by atoms with E-state index in [-0.39, 0.29) is 12.5 Å². The van der Waals surface area contributed by atoms with Crippen molar-refractivity contribution in [1.29, 1.82) is 0 Å². The van der Waals surface area contributed by atoms with Crippen molar-refractivity contribution in [2.75, 3.05) is 18.5 Å². The Bertz CT molecular complexity index is 1240. The van der Waals surface area contributed by atoms with Crippen molar-refractivity contribution in [1.82, 2.24) is 10.1 Å². The van der Waals surface area contributed by atoms with Crippen molar-refractivity contribution in [3.8, 4) is 28.6 Å². The van der Waals surface area contributed by atoms with Crippen LogP contribution in [0.3, 0.4) is 0 Å². The molecule has 0 spiro atoms. The first-order chi connectivity index (χ1) is 15.8. The van der Waals surface area contributed by atoms with Crippen LogP contribution in [-0.2, 0) is 6.61 Å². The molecule has 3 aromatic carbocycles. The quantitative estimate of drug-likeness (QED) is 0.487. The molecule has 2 heterocycles. The van der Waals surface area contributed by atoms with Gasteiger partial charge in [-0.1, -0.05) is 47.6 Å². The van der Waals surface area contributed by atoms with Crippen LogP contribution in [0.2, 0.25) is 0 Å². The third-order valence-corrected chi connectivity index (χ3v) is 4.78. The van der Waals surface area contributed by atoms with Gasteiger partial charge in [-0.05, 0) is 24.3 Å². The highest BCUT2D eigenvalue weighted by molar-refractivity contribution is 6.06. The zero-order valence-electron chi connectivity index (χ0n) is 17.0. The molecule has 0 atom stereocenters. The largest absolute Gasteiger partial charge is 0.486 e. The standard InChI is InChI=1S/C24H19N3O5/c28-24(25-17-10-11-20-21(14-17)30-13-12-29-20)18-8-4-5-9-19(18)31-15-22-26-23(27-32-22)16-6-2-1-3-7-16/h1-11,14H,12-13,15H2,(H,25,28). The molecule has 0 fully saturated rings. The van der Waals surface area contributed by atoms with Crippen LogP contribution in [0, 0.1) is 0 Å². The smallest absolute Gasteiger partial charge is 0.264 e. The number of nitrogens with zero attached hydrogens (tertiary/aromatic N) is 2. The minimum Gasteiger partial charge on any atom is -0.486 e. The van der Waals surface area contributed by atoms with Crippen molar-refractivity contribution in [2.24, 2.45) is 0 Å². The van der Waals surface area contributed by atoms with E-state index in [1.165, 1.54) is 0 Å². The number of carbonyl (C=O) groups is 1. The number of para-hydroxylation sites is 1. The molecular weight excluding hydrogens is 410 g/mol. The van der Waals surface area contributed by atoms with E-state index < -0.39 is 0 Å². The number of amides is 1. The summed E-state index contributed by atoms with van der Waals surface area (Å²) in [5.41, 5.74) is 1.82. The highest BCUT2D eigenvalue weighted by atomic mass is 16.6. The number of anilines is 1. The maximum Gasteiger partial charge on any atom is 0.264 e. The number of hydrogen-bond acceptors (Lipinski definition) is 7. The number of nitrogens with one attached hydrogen (secondary N) is 1. The van der Waals surface area contributed by atoms with Gasteiger partial charge in [0.25, 0.3) is 11.8 Å². The summed E-state index contributed by atoms with van der Waals surface area (Å²) in [4.78, 5) is 17.2. The molecule has 1 aliphatic rings. The maximum atomic E-state index is 12.9. The first-order valence-corrected chi connectivity index (χ1v) is 10.1. The molecule has 160 valence electrons. The number of aromatic nitrogens is 2. The second-order valence-corrected chi connectivity index (χ2v) is 6.98. The minimum absolute atomic E-state index is 0.0359. The molecule has 5 rings (SSSR count). The molecule has 0 bridgehead atoms. The summed E-state index contributed by atoms with van der Waals surface area (Å²) in [6.45, 7) is 1.02. The van der Waals surface area contributed by atoms with E-state index in [0.717, 1.165) is 5.56 Å². The topological polar surface area (TPSA) is 95.7 Å². The number of ether oxygens (including phenoxy) is 3. The molecule has 0 saturated heterocycles. The average Bonchev–Trinajstić information content (AvgIpc) is 3.32. The lowest BCUT2D eigenvalue weighted by molar-refractivity contribution is 0.102. The highest BCUT2D eigenvalue weighted by Gasteiger charge is 2.17. The van der Waals surface area contributed by atoms with Gasteiger partial charge in [-0.2, -0.15) is 4.98 Å². The van der Waals surface area contributed by atoms with Gasteiger partial charge in [-0.3, -0.25) is 4.79 Å². The molecule has 8 heteroatoms. The van der Waals surface area contributed by atoms with Gasteiger partial charge in [0.15, 0.2) is 18.1 Å². The van der Waals surface area contributed by atoms with Gasteiger partial charge in [-0.15, -0.1) is 0 Å². The van der Waals surface area contributed by atoms with Crippen molar-refractivity contribution in [3.63, 3.8) is 0 Å². The van der Waals surface area contributed by atoms with Gasteiger partial charge < -0.3 is 24.1 Å². The van der Waals surface area contributed by atoms with Gasteiger partial charge in [0, 0.05) is 17.3 Å². The second kappa shape index (κ2) is 8.81. The molecule has 4 aromatic rings. The fourth-order valence-corrected chi connectivity index (χ4v) is 3.26. The van der Waals surface area contributed by atoms with Gasteiger partial charge >= 0.3 is 0 Å². The lowest BCUT2D eigenvalue weighted by Gasteiger charge is -2.19.